The molecule has 0 heterocycles. The van der Waals surface area contributed by atoms with Crippen LogP contribution >= 0.6 is 7.80 Å². The summed E-state index contributed by atoms with van der Waals surface area (Å²) < 4.78 is 29.7. The highest BCUT2D eigenvalue weighted by molar-refractivity contribution is 7.71. The van der Waals surface area contributed by atoms with E-state index in [1.54, 1.807) is 36.4 Å². The number of hydrogen-bond donors (Lipinski definition) is 0. The average Bonchev–Trinajstić information content (AvgIpc) is 2.85. The Bertz CT molecular complexity index is 1280. The van der Waals surface area contributed by atoms with Crippen LogP contribution in [0.1, 0.15) is 48.5 Å². The van der Waals surface area contributed by atoms with Gasteiger partial charge in [0, 0.05) is 12.1 Å². The number of hydrogen-bond acceptors (Lipinski definition) is 6. The summed E-state index contributed by atoms with van der Waals surface area (Å²) in [4.78, 5) is 27.1. The largest absolute Gasteiger partial charge is 0.496 e. The van der Waals surface area contributed by atoms with E-state index in [1.807, 2.05) is 33.8 Å². The molecule has 0 fully saturated rings. The summed E-state index contributed by atoms with van der Waals surface area (Å²) in [5, 5.41) is 0.171. The van der Waals surface area contributed by atoms with E-state index in [9.17, 15) is 14.2 Å². The molecule has 0 amide bonds. The molecule has 0 bridgehead atoms. The van der Waals surface area contributed by atoms with Crippen LogP contribution in [0.4, 0.5) is 0 Å². The molecule has 0 N–H and O–H groups in total. The van der Waals surface area contributed by atoms with Crippen molar-refractivity contribution < 1.29 is 28.4 Å². The number of carbonyl (C=O) groups is 2. The Morgan fingerprint density at radius 2 is 1.32 bits per heavy atom. The summed E-state index contributed by atoms with van der Waals surface area (Å²) in [6.07, 6.45) is 0. The molecule has 3 aromatic rings. The summed E-state index contributed by atoms with van der Waals surface area (Å²) in [5.74, 6) is 0.494. The van der Waals surface area contributed by atoms with Crippen molar-refractivity contribution >= 4 is 24.4 Å². The zero-order chi connectivity index (χ0) is 25.2. The first-order valence-corrected chi connectivity index (χ1v) is 11.9. The van der Waals surface area contributed by atoms with Crippen LogP contribution in [0, 0.1) is 27.7 Å². The van der Waals surface area contributed by atoms with Crippen molar-refractivity contribution in [2.45, 2.75) is 27.7 Å². The number of ether oxygens (including phenoxy) is 3. The molecule has 0 aromatic heterocycles. The normalized spacial score (nSPS) is 11.1. The number of methoxy groups -OCH3 is 3. The van der Waals surface area contributed by atoms with Crippen molar-refractivity contribution in [2.24, 2.45) is 0 Å². The Morgan fingerprint density at radius 1 is 0.735 bits per heavy atom. The van der Waals surface area contributed by atoms with Crippen LogP contribution in [0.2, 0.25) is 0 Å². The summed E-state index contributed by atoms with van der Waals surface area (Å²) >= 11 is 0. The zero-order valence-corrected chi connectivity index (χ0v) is 21.3. The Balaban J connectivity index is 2.14. The third kappa shape index (κ3) is 4.46. The van der Waals surface area contributed by atoms with Gasteiger partial charge >= 0.3 is 13.3 Å². The fourth-order valence-electron chi connectivity index (χ4n) is 4.03. The van der Waals surface area contributed by atoms with Gasteiger partial charge in [-0.15, -0.1) is 0 Å². The van der Waals surface area contributed by atoms with Crippen molar-refractivity contribution in [3.05, 3.63) is 81.4 Å². The van der Waals surface area contributed by atoms with Crippen molar-refractivity contribution in [1.29, 1.82) is 0 Å². The van der Waals surface area contributed by atoms with E-state index < -0.39 is 19.1 Å². The molecule has 1 atom stereocenters. The van der Waals surface area contributed by atoms with Gasteiger partial charge in [-0.1, -0.05) is 22.8 Å². The predicted molar refractivity (Wildman–Crippen MR) is 133 cm³/mol. The predicted octanol–water partition coefficient (Wildman–Crippen LogP) is 5.47. The van der Waals surface area contributed by atoms with Crippen LogP contribution in [-0.2, 0) is 4.57 Å². The van der Waals surface area contributed by atoms with Crippen molar-refractivity contribution in [1.82, 2.24) is 0 Å². The standard InChI is InChI=1S/C27H28O6P/c1-15-12-16(2)24(18(4)17(15)3)27(29)34(30)23-11-9-8-10-20(23)26(28)25-21(32-6)13-19(31-5)14-22(25)33-7/h8-14H,1-7H3/q+1. The Morgan fingerprint density at radius 3 is 1.88 bits per heavy atom. The molecular formula is C27H28O6P+. The van der Waals surface area contributed by atoms with E-state index in [2.05, 4.69) is 0 Å². The first kappa shape index (κ1) is 25.1. The molecule has 0 aliphatic rings. The second-order valence-electron chi connectivity index (χ2n) is 7.99. The monoisotopic (exact) mass is 479 g/mol. The fourth-order valence-corrected chi connectivity index (χ4v) is 5.41. The van der Waals surface area contributed by atoms with Gasteiger partial charge in [0.1, 0.15) is 22.8 Å². The zero-order valence-electron chi connectivity index (χ0n) is 20.4. The second-order valence-corrected chi connectivity index (χ2v) is 9.46. The minimum atomic E-state index is -2.56. The number of aryl methyl sites for hydroxylation is 2. The Hall–Kier alpha value is -3.50. The lowest BCUT2D eigenvalue weighted by atomic mass is 9.95. The van der Waals surface area contributed by atoms with Crippen molar-refractivity contribution in [3.63, 3.8) is 0 Å². The number of ketones is 1. The number of benzene rings is 3. The molecule has 3 aromatic carbocycles. The highest BCUT2D eigenvalue weighted by atomic mass is 31.1. The van der Waals surface area contributed by atoms with Gasteiger partial charge in [-0.3, -0.25) is 4.79 Å². The third-order valence-electron chi connectivity index (χ3n) is 6.06. The maximum atomic E-state index is 13.7. The summed E-state index contributed by atoms with van der Waals surface area (Å²) in [7, 11) is 1.81. The van der Waals surface area contributed by atoms with Crippen LogP contribution in [0.25, 0.3) is 0 Å². The van der Waals surface area contributed by atoms with Gasteiger partial charge in [0.15, 0.2) is 0 Å². The quantitative estimate of drug-likeness (QED) is 0.315. The average molecular weight is 479 g/mol. The summed E-state index contributed by atoms with van der Waals surface area (Å²) in [6, 6.07) is 11.5. The summed E-state index contributed by atoms with van der Waals surface area (Å²) in [5.41, 5.74) is 3.86. The molecule has 0 aliphatic heterocycles. The van der Waals surface area contributed by atoms with Crippen LogP contribution in [0.3, 0.4) is 0 Å². The van der Waals surface area contributed by atoms with E-state index in [-0.39, 0.29) is 27.9 Å². The third-order valence-corrected chi connectivity index (χ3v) is 7.48. The number of rotatable bonds is 8. The molecule has 7 heteroatoms. The van der Waals surface area contributed by atoms with Gasteiger partial charge in [-0.25, -0.2) is 4.79 Å². The van der Waals surface area contributed by atoms with E-state index >= 15 is 0 Å². The van der Waals surface area contributed by atoms with Gasteiger partial charge in [-0.05, 0) is 62.1 Å². The smallest absolute Gasteiger partial charge is 0.459 e. The van der Waals surface area contributed by atoms with Gasteiger partial charge in [0.05, 0.1) is 32.5 Å². The van der Waals surface area contributed by atoms with Crippen LogP contribution in [-0.4, -0.2) is 32.6 Å². The molecule has 0 saturated carbocycles. The second kappa shape index (κ2) is 10.2. The lowest BCUT2D eigenvalue weighted by Crippen LogP contribution is -2.18. The fraction of sp³-hybridized carbons (Fsp3) is 0.259. The minimum absolute atomic E-state index is 0.151. The van der Waals surface area contributed by atoms with Crippen LogP contribution < -0.4 is 19.5 Å². The molecule has 0 radical (unpaired) electrons. The first-order chi connectivity index (χ1) is 16.2. The SMILES string of the molecule is COc1cc(OC)c(C(=O)c2ccccc2[P+](=O)C(=O)c2c(C)cc(C)c(C)c2C)c(OC)c1. The molecule has 0 saturated heterocycles. The molecule has 34 heavy (non-hydrogen) atoms. The van der Waals surface area contributed by atoms with Gasteiger partial charge < -0.3 is 14.2 Å². The molecule has 0 spiro atoms. The molecule has 3 rings (SSSR count). The molecule has 6 nitrogen and oxygen atoms in total. The van der Waals surface area contributed by atoms with E-state index in [0.717, 1.165) is 22.3 Å². The topological polar surface area (TPSA) is 78.9 Å². The maximum Gasteiger partial charge on any atom is 0.459 e. The molecule has 176 valence electrons. The summed E-state index contributed by atoms with van der Waals surface area (Å²) in [6.45, 7) is 7.61. The van der Waals surface area contributed by atoms with Crippen molar-refractivity contribution in [2.75, 3.05) is 21.3 Å². The Kier molecular flexibility index (Phi) is 7.53. The highest BCUT2D eigenvalue weighted by Gasteiger charge is 2.39. The minimum Gasteiger partial charge on any atom is -0.496 e. The van der Waals surface area contributed by atoms with Gasteiger partial charge in [0.25, 0.3) is 0 Å². The van der Waals surface area contributed by atoms with E-state index in [4.69, 9.17) is 14.2 Å². The van der Waals surface area contributed by atoms with Crippen LogP contribution in [0.5, 0.6) is 17.2 Å². The van der Waals surface area contributed by atoms with E-state index in [0.29, 0.717) is 11.3 Å². The lowest BCUT2D eigenvalue weighted by molar-refractivity contribution is 0.103. The van der Waals surface area contributed by atoms with E-state index in [1.165, 1.54) is 21.3 Å². The first-order valence-electron chi connectivity index (χ1n) is 10.7. The molecule has 0 aliphatic carbocycles. The van der Waals surface area contributed by atoms with Crippen LogP contribution in [0.15, 0.2) is 42.5 Å². The van der Waals surface area contributed by atoms with Gasteiger partial charge in [0.2, 0.25) is 11.1 Å². The Labute approximate surface area is 200 Å². The van der Waals surface area contributed by atoms with Gasteiger partial charge in [-0.2, -0.15) is 0 Å². The lowest BCUT2D eigenvalue weighted by Gasteiger charge is -2.14. The molecular weight excluding hydrogens is 451 g/mol. The molecule has 1 unspecified atom stereocenters. The maximum absolute atomic E-state index is 13.7. The number of carbonyl (C=O) groups excluding carboxylic acids is 2. The highest BCUT2D eigenvalue weighted by Crippen LogP contribution is 2.38. The van der Waals surface area contributed by atoms with Crippen molar-refractivity contribution in [3.8, 4) is 17.2 Å².